The normalized spacial score (nSPS) is 10.4. The van der Waals surface area contributed by atoms with Crippen LogP contribution in [0, 0.1) is 5.92 Å². The van der Waals surface area contributed by atoms with Gasteiger partial charge >= 0.3 is 0 Å². The second-order valence-electron chi connectivity index (χ2n) is 6.28. The summed E-state index contributed by atoms with van der Waals surface area (Å²) in [4.78, 5) is 25.3. The predicted molar refractivity (Wildman–Crippen MR) is 98.7 cm³/mol. The standard InChI is InChI=1S/C20H24N2O3/c1-15(2)13-22(16(3)23)14-20(24)21-17-9-11-19(12-10-17)25-18-7-5-4-6-8-18/h4-12,15H,13-14H2,1-3H3,(H,21,24). The van der Waals surface area contributed by atoms with Crippen molar-refractivity contribution >= 4 is 17.5 Å². The van der Waals surface area contributed by atoms with Crippen molar-refractivity contribution in [1.29, 1.82) is 0 Å². The molecule has 5 heteroatoms. The number of nitrogens with one attached hydrogen (secondary N) is 1. The number of hydrogen-bond donors (Lipinski definition) is 1. The van der Waals surface area contributed by atoms with Gasteiger partial charge in [0.25, 0.3) is 0 Å². The fourth-order valence-corrected chi connectivity index (χ4v) is 2.35. The van der Waals surface area contributed by atoms with Crippen molar-refractivity contribution in [2.75, 3.05) is 18.4 Å². The van der Waals surface area contributed by atoms with Crippen LogP contribution >= 0.6 is 0 Å². The van der Waals surface area contributed by atoms with Crippen molar-refractivity contribution in [2.24, 2.45) is 5.92 Å². The molecule has 0 saturated carbocycles. The number of rotatable bonds is 7. The molecule has 2 aromatic carbocycles. The van der Waals surface area contributed by atoms with E-state index in [9.17, 15) is 9.59 Å². The lowest BCUT2D eigenvalue weighted by molar-refractivity contribution is -0.133. The predicted octanol–water partition coefficient (Wildman–Crippen LogP) is 3.92. The van der Waals surface area contributed by atoms with Gasteiger partial charge in [0.05, 0.1) is 6.54 Å². The zero-order valence-electron chi connectivity index (χ0n) is 14.9. The van der Waals surface area contributed by atoms with E-state index in [4.69, 9.17) is 4.74 Å². The first-order valence-corrected chi connectivity index (χ1v) is 8.32. The number of carbonyl (C=O) groups is 2. The number of carbonyl (C=O) groups excluding carboxylic acids is 2. The van der Waals surface area contributed by atoms with Gasteiger partial charge in [-0.05, 0) is 42.3 Å². The quantitative estimate of drug-likeness (QED) is 0.831. The molecular formula is C20H24N2O3. The summed E-state index contributed by atoms with van der Waals surface area (Å²) in [5, 5.41) is 2.80. The molecule has 0 heterocycles. The van der Waals surface area contributed by atoms with Crippen LogP contribution < -0.4 is 10.1 Å². The highest BCUT2D eigenvalue weighted by Gasteiger charge is 2.15. The summed E-state index contributed by atoms with van der Waals surface area (Å²) in [6.07, 6.45) is 0. The van der Waals surface area contributed by atoms with E-state index in [2.05, 4.69) is 5.32 Å². The molecule has 0 fully saturated rings. The summed E-state index contributed by atoms with van der Waals surface area (Å²) >= 11 is 0. The van der Waals surface area contributed by atoms with Gasteiger partial charge in [-0.3, -0.25) is 9.59 Å². The molecule has 25 heavy (non-hydrogen) atoms. The average Bonchev–Trinajstić information content (AvgIpc) is 2.56. The average molecular weight is 340 g/mol. The Morgan fingerprint density at radius 3 is 2.16 bits per heavy atom. The monoisotopic (exact) mass is 340 g/mol. The molecule has 0 aliphatic rings. The molecule has 2 aromatic rings. The van der Waals surface area contributed by atoms with E-state index < -0.39 is 0 Å². The molecule has 0 atom stereocenters. The van der Waals surface area contributed by atoms with Gasteiger partial charge in [-0.1, -0.05) is 32.0 Å². The Hall–Kier alpha value is -2.82. The number of ether oxygens (including phenoxy) is 1. The molecule has 0 aliphatic carbocycles. The van der Waals surface area contributed by atoms with Gasteiger partial charge in [0.15, 0.2) is 0 Å². The number of para-hydroxylation sites is 1. The van der Waals surface area contributed by atoms with Gasteiger partial charge in [0.2, 0.25) is 11.8 Å². The largest absolute Gasteiger partial charge is 0.457 e. The number of anilines is 1. The van der Waals surface area contributed by atoms with Gasteiger partial charge in [0, 0.05) is 19.2 Å². The minimum absolute atomic E-state index is 0.0514. The third-order valence-corrected chi connectivity index (χ3v) is 3.48. The van der Waals surface area contributed by atoms with Crippen LogP contribution in [0.5, 0.6) is 11.5 Å². The van der Waals surface area contributed by atoms with E-state index in [0.717, 1.165) is 5.75 Å². The van der Waals surface area contributed by atoms with E-state index in [1.165, 1.54) is 6.92 Å². The first kappa shape index (κ1) is 18.5. The summed E-state index contributed by atoms with van der Waals surface area (Å²) < 4.78 is 5.71. The summed E-state index contributed by atoms with van der Waals surface area (Å²) in [7, 11) is 0. The fourth-order valence-electron chi connectivity index (χ4n) is 2.35. The summed E-state index contributed by atoms with van der Waals surface area (Å²) in [5.41, 5.74) is 0.665. The fraction of sp³-hybridized carbons (Fsp3) is 0.300. The smallest absolute Gasteiger partial charge is 0.243 e. The van der Waals surface area contributed by atoms with Gasteiger partial charge in [0.1, 0.15) is 11.5 Å². The van der Waals surface area contributed by atoms with Gasteiger partial charge in [-0.2, -0.15) is 0 Å². The second-order valence-corrected chi connectivity index (χ2v) is 6.28. The van der Waals surface area contributed by atoms with E-state index >= 15 is 0 Å². The molecule has 0 unspecified atom stereocenters. The Morgan fingerprint density at radius 1 is 1.00 bits per heavy atom. The van der Waals surface area contributed by atoms with Crippen molar-refractivity contribution in [2.45, 2.75) is 20.8 Å². The maximum Gasteiger partial charge on any atom is 0.243 e. The van der Waals surface area contributed by atoms with Crippen LogP contribution in [-0.4, -0.2) is 29.8 Å². The van der Waals surface area contributed by atoms with Crippen molar-refractivity contribution in [1.82, 2.24) is 4.90 Å². The van der Waals surface area contributed by atoms with Crippen LogP contribution in [0.15, 0.2) is 54.6 Å². The molecule has 0 radical (unpaired) electrons. The molecule has 5 nitrogen and oxygen atoms in total. The Balaban J connectivity index is 1.91. The second kappa shape index (κ2) is 8.87. The van der Waals surface area contributed by atoms with Crippen LogP contribution in [0.1, 0.15) is 20.8 Å². The van der Waals surface area contributed by atoms with Crippen molar-refractivity contribution < 1.29 is 14.3 Å². The SMILES string of the molecule is CC(=O)N(CC(=O)Nc1ccc(Oc2ccccc2)cc1)CC(C)C. The molecule has 0 aliphatic heterocycles. The summed E-state index contributed by atoms with van der Waals surface area (Å²) in [6, 6.07) is 16.6. The van der Waals surface area contributed by atoms with Gasteiger partial charge in [-0.25, -0.2) is 0 Å². The van der Waals surface area contributed by atoms with Crippen molar-refractivity contribution in [3.05, 3.63) is 54.6 Å². The molecule has 0 spiro atoms. The van der Waals surface area contributed by atoms with E-state index in [1.54, 1.807) is 29.2 Å². The van der Waals surface area contributed by atoms with Gasteiger partial charge in [-0.15, -0.1) is 0 Å². The molecule has 0 saturated heterocycles. The van der Waals surface area contributed by atoms with Gasteiger partial charge < -0.3 is 15.0 Å². The number of nitrogens with zero attached hydrogens (tertiary/aromatic N) is 1. The summed E-state index contributed by atoms with van der Waals surface area (Å²) in [5.74, 6) is 1.44. The third-order valence-electron chi connectivity index (χ3n) is 3.48. The first-order chi connectivity index (χ1) is 11.9. The lowest BCUT2D eigenvalue weighted by Gasteiger charge is -2.22. The minimum Gasteiger partial charge on any atom is -0.457 e. The highest BCUT2D eigenvalue weighted by molar-refractivity contribution is 5.94. The number of benzene rings is 2. The molecule has 0 aromatic heterocycles. The van der Waals surface area contributed by atoms with E-state index in [-0.39, 0.29) is 18.4 Å². The first-order valence-electron chi connectivity index (χ1n) is 8.32. The molecule has 132 valence electrons. The van der Waals surface area contributed by atoms with E-state index in [0.29, 0.717) is 23.9 Å². The Morgan fingerprint density at radius 2 is 1.60 bits per heavy atom. The zero-order chi connectivity index (χ0) is 18.2. The van der Waals surface area contributed by atoms with Crippen LogP contribution in [0.25, 0.3) is 0 Å². The molecular weight excluding hydrogens is 316 g/mol. The highest BCUT2D eigenvalue weighted by Crippen LogP contribution is 2.22. The highest BCUT2D eigenvalue weighted by atomic mass is 16.5. The maximum absolute atomic E-state index is 12.1. The van der Waals surface area contributed by atoms with Crippen LogP contribution in [0.2, 0.25) is 0 Å². The van der Waals surface area contributed by atoms with Crippen LogP contribution in [0.3, 0.4) is 0 Å². The topological polar surface area (TPSA) is 58.6 Å². The molecule has 2 rings (SSSR count). The minimum atomic E-state index is -0.215. The molecule has 1 N–H and O–H groups in total. The zero-order valence-corrected chi connectivity index (χ0v) is 14.9. The lowest BCUT2D eigenvalue weighted by Crippen LogP contribution is -2.38. The maximum atomic E-state index is 12.1. The number of hydrogen-bond acceptors (Lipinski definition) is 3. The Labute approximate surface area is 148 Å². The Bertz CT molecular complexity index is 697. The molecule has 0 bridgehead atoms. The summed E-state index contributed by atoms with van der Waals surface area (Å²) in [6.45, 7) is 6.12. The van der Waals surface area contributed by atoms with Crippen LogP contribution in [0.4, 0.5) is 5.69 Å². The third kappa shape index (κ3) is 6.30. The Kier molecular flexibility index (Phi) is 6.57. The number of amides is 2. The lowest BCUT2D eigenvalue weighted by atomic mass is 10.2. The van der Waals surface area contributed by atoms with Crippen LogP contribution in [-0.2, 0) is 9.59 Å². The molecule has 2 amide bonds. The van der Waals surface area contributed by atoms with E-state index in [1.807, 2.05) is 44.2 Å². The van der Waals surface area contributed by atoms with Crippen molar-refractivity contribution in [3.63, 3.8) is 0 Å². The van der Waals surface area contributed by atoms with Crippen molar-refractivity contribution in [3.8, 4) is 11.5 Å².